The lowest BCUT2D eigenvalue weighted by Crippen LogP contribution is -2.49. The molecular formula is C20H29N3O3. The zero-order chi connectivity index (χ0) is 18.6. The van der Waals surface area contributed by atoms with E-state index in [1.807, 2.05) is 30.0 Å². The topological polar surface area (TPSA) is 61.9 Å². The molecular weight excluding hydrogens is 330 g/mol. The Bertz CT molecular complexity index is 626. The molecule has 0 aliphatic carbocycles. The Labute approximate surface area is 155 Å². The Morgan fingerprint density at radius 2 is 1.96 bits per heavy atom. The van der Waals surface area contributed by atoms with Crippen molar-refractivity contribution in [2.45, 2.75) is 38.2 Å². The summed E-state index contributed by atoms with van der Waals surface area (Å²) in [6, 6.07) is 10.3. The number of likely N-dealkylation sites (N-methyl/N-ethyl adjacent to an activating group) is 1. The van der Waals surface area contributed by atoms with Gasteiger partial charge >= 0.3 is 6.09 Å². The molecule has 0 saturated carbocycles. The molecule has 0 aromatic heterocycles. The molecule has 142 valence electrons. The molecule has 2 aliphatic rings. The molecule has 6 heteroatoms. The van der Waals surface area contributed by atoms with Crippen molar-refractivity contribution in [2.24, 2.45) is 0 Å². The fourth-order valence-electron chi connectivity index (χ4n) is 3.89. The molecule has 6 nitrogen and oxygen atoms in total. The van der Waals surface area contributed by atoms with Crippen molar-refractivity contribution in [2.75, 3.05) is 39.3 Å². The zero-order valence-corrected chi connectivity index (χ0v) is 15.7. The lowest BCUT2D eigenvalue weighted by atomic mass is 9.91. The summed E-state index contributed by atoms with van der Waals surface area (Å²) < 4.78 is 5.80. The van der Waals surface area contributed by atoms with Gasteiger partial charge in [0.2, 0.25) is 5.91 Å². The van der Waals surface area contributed by atoms with Crippen LogP contribution >= 0.6 is 0 Å². The van der Waals surface area contributed by atoms with Crippen LogP contribution in [0.5, 0.6) is 0 Å². The number of benzene rings is 1. The molecule has 0 radical (unpaired) electrons. The Kier molecular flexibility index (Phi) is 5.81. The van der Waals surface area contributed by atoms with Gasteiger partial charge in [-0.2, -0.15) is 0 Å². The van der Waals surface area contributed by atoms with E-state index in [4.69, 9.17) is 4.74 Å². The first-order chi connectivity index (χ1) is 12.5. The zero-order valence-electron chi connectivity index (χ0n) is 15.7. The molecule has 1 atom stereocenters. The van der Waals surface area contributed by atoms with Crippen LogP contribution in [0, 0.1) is 0 Å². The molecule has 1 spiro atoms. The van der Waals surface area contributed by atoms with Crippen molar-refractivity contribution in [1.82, 2.24) is 15.1 Å². The molecule has 3 rings (SSSR count). The van der Waals surface area contributed by atoms with Gasteiger partial charge in [0.25, 0.3) is 0 Å². The third-order valence-electron chi connectivity index (χ3n) is 5.41. The highest BCUT2D eigenvalue weighted by molar-refractivity contribution is 5.78. The number of carbonyl (C=O) groups excluding carboxylic acids is 2. The number of ether oxygens (including phenoxy) is 1. The second kappa shape index (κ2) is 8.08. The Balaban J connectivity index is 1.52. The van der Waals surface area contributed by atoms with Crippen LogP contribution in [-0.2, 0) is 9.53 Å². The van der Waals surface area contributed by atoms with Crippen LogP contribution in [0.15, 0.2) is 30.3 Å². The van der Waals surface area contributed by atoms with Gasteiger partial charge in [-0.15, -0.1) is 0 Å². The minimum atomic E-state index is -0.384. The molecule has 1 aromatic carbocycles. The first-order valence-corrected chi connectivity index (χ1v) is 9.53. The van der Waals surface area contributed by atoms with Crippen LogP contribution in [0.3, 0.4) is 0 Å². The Morgan fingerprint density at radius 1 is 1.27 bits per heavy atom. The first kappa shape index (κ1) is 18.7. The van der Waals surface area contributed by atoms with Gasteiger partial charge in [-0.3, -0.25) is 9.69 Å². The summed E-state index contributed by atoms with van der Waals surface area (Å²) in [4.78, 5) is 28.1. The number of hydrogen-bond donors (Lipinski definition) is 1. The van der Waals surface area contributed by atoms with E-state index in [-0.39, 0.29) is 23.5 Å². The minimum absolute atomic E-state index is 0.0604. The quantitative estimate of drug-likeness (QED) is 0.846. The van der Waals surface area contributed by atoms with E-state index in [0.717, 1.165) is 25.9 Å². The number of amides is 2. The predicted molar refractivity (Wildman–Crippen MR) is 100.0 cm³/mol. The Hall–Kier alpha value is -2.08. The molecule has 2 amide bonds. The van der Waals surface area contributed by atoms with Gasteiger partial charge in [-0.05, 0) is 18.4 Å². The fraction of sp³-hybridized carbons (Fsp3) is 0.600. The summed E-state index contributed by atoms with van der Waals surface area (Å²) in [6.45, 7) is 8.04. The standard InChI is InChI=1S/C20H29N3O3/c1-3-21-18(24)14-22-11-9-20(10-12-22)15-23(19(25)26-20)13-16(2)17-7-5-4-6-8-17/h4-8,16H,3,9-15H2,1-2H3,(H,21,24)/t16-/m0/s1. The second-order valence-electron chi connectivity index (χ2n) is 7.47. The average Bonchev–Trinajstić information content (AvgIpc) is 2.93. The number of rotatable bonds is 6. The fourth-order valence-corrected chi connectivity index (χ4v) is 3.89. The number of hydrogen-bond acceptors (Lipinski definition) is 4. The SMILES string of the molecule is CCNC(=O)CN1CCC2(CC1)CN(C[C@H](C)c1ccccc1)C(=O)O2. The van der Waals surface area contributed by atoms with Crippen molar-refractivity contribution in [3.05, 3.63) is 35.9 Å². The van der Waals surface area contributed by atoms with Crippen LogP contribution < -0.4 is 5.32 Å². The van der Waals surface area contributed by atoms with E-state index in [1.165, 1.54) is 5.56 Å². The van der Waals surface area contributed by atoms with Crippen molar-refractivity contribution >= 4 is 12.0 Å². The maximum Gasteiger partial charge on any atom is 0.410 e. The molecule has 1 aromatic rings. The molecule has 2 aliphatic heterocycles. The normalized spacial score (nSPS) is 20.8. The van der Waals surface area contributed by atoms with E-state index < -0.39 is 0 Å². The lowest BCUT2D eigenvalue weighted by Gasteiger charge is -2.37. The maximum atomic E-state index is 12.4. The van der Waals surface area contributed by atoms with Crippen LogP contribution in [0.2, 0.25) is 0 Å². The summed E-state index contributed by atoms with van der Waals surface area (Å²) >= 11 is 0. The number of nitrogens with one attached hydrogen (secondary N) is 1. The summed E-state index contributed by atoms with van der Waals surface area (Å²) in [6.07, 6.45) is 1.37. The smallest absolute Gasteiger partial charge is 0.410 e. The molecule has 2 fully saturated rings. The van der Waals surface area contributed by atoms with Crippen LogP contribution in [0.4, 0.5) is 4.79 Å². The lowest BCUT2D eigenvalue weighted by molar-refractivity contribution is -0.123. The van der Waals surface area contributed by atoms with Gasteiger partial charge in [-0.25, -0.2) is 4.79 Å². The van der Waals surface area contributed by atoms with E-state index in [1.54, 1.807) is 0 Å². The maximum absolute atomic E-state index is 12.4. The summed E-state index contributed by atoms with van der Waals surface area (Å²) in [5.74, 6) is 0.335. The van der Waals surface area contributed by atoms with Gasteiger partial charge in [-0.1, -0.05) is 37.3 Å². The highest BCUT2D eigenvalue weighted by Gasteiger charge is 2.47. The number of carbonyl (C=O) groups is 2. The van der Waals surface area contributed by atoms with E-state index in [9.17, 15) is 9.59 Å². The van der Waals surface area contributed by atoms with Crippen molar-refractivity contribution < 1.29 is 14.3 Å². The van der Waals surface area contributed by atoms with Crippen LogP contribution in [0.25, 0.3) is 0 Å². The Morgan fingerprint density at radius 3 is 2.62 bits per heavy atom. The number of nitrogens with zero attached hydrogens (tertiary/aromatic N) is 2. The molecule has 2 saturated heterocycles. The highest BCUT2D eigenvalue weighted by atomic mass is 16.6. The van der Waals surface area contributed by atoms with Crippen molar-refractivity contribution in [1.29, 1.82) is 0 Å². The van der Waals surface area contributed by atoms with E-state index >= 15 is 0 Å². The van der Waals surface area contributed by atoms with Crippen LogP contribution in [0.1, 0.15) is 38.2 Å². The van der Waals surface area contributed by atoms with E-state index in [0.29, 0.717) is 26.2 Å². The van der Waals surface area contributed by atoms with E-state index in [2.05, 4.69) is 29.3 Å². The summed E-state index contributed by atoms with van der Waals surface area (Å²) in [5.41, 5.74) is 0.851. The first-order valence-electron chi connectivity index (χ1n) is 9.53. The summed E-state index contributed by atoms with van der Waals surface area (Å²) in [7, 11) is 0. The van der Waals surface area contributed by atoms with Gasteiger partial charge in [0.05, 0.1) is 13.1 Å². The largest absolute Gasteiger partial charge is 0.441 e. The van der Waals surface area contributed by atoms with Gasteiger partial charge < -0.3 is 15.0 Å². The molecule has 0 unspecified atom stereocenters. The minimum Gasteiger partial charge on any atom is -0.441 e. The molecule has 2 heterocycles. The van der Waals surface area contributed by atoms with Gasteiger partial charge in [0.15, 0.2) is 0 Å². The predicted octanol–water partition coefficient (Wildman–Crippen LogP) is 2.21. The third kappa shape index (κ3) is 4.36. The van der Waals surface area contributed by atoms with Crippen LogP contribution in [-0.4, -0.2) is 66.7 Å². The third-order valence-corrected chi connectivity index (χ3v) is 5.41. The molecule has 1 N–H and O–H groups in total. The number of piperidine rings is 1. The monoisotopic (exact) mass is 359 g/mol. The van der Waals surface area contributed by atoms with Crippen molar-refractivity contribution in [3.63, 3.8) is 0 Å². The second-order valence-corrected chi connectivity index (χ2v) is 7.47. The molecule has 26 heavy (non-hydrogen) atoms. The average molecular weight is 359 g/mol. The molecule has 0 bridgehead atoms. The van der Waals surface area contributed by atoms with Gasteiger partial charge in [0.1, 0.15) is 5.60 Å². The van der Waals surface area contributed by atoms with Gasteiger partial charge in [0, 0.05) is 39.0 Å². The number of likely N-dealkylation sites (tertiary alicyclic amines) is 1. The summed E-state index contributed by atoms with van der Waals surface area (Å²) in [5, 5.41) is 2.83. The highest BCUT2D eigenvalue weighted by Crippen LogP contribution is 2.34. The van der Waals surface area contributed by atoms with Crippen molar-refractivity contribution in [3.8, 4) is 0 Å².